The minimum Gasteiger partial charge on any atom is -0.317 e. The molecule has 13 heteroatoms. The van der Waals surface area contributed by atoms with Crippen LogP contribution >= 0.6 is 0 Å². The van der Waals surface area contributed by atoms with Crippen molar-refractivity contribution in [3.63, 3.8) is 0 Å². The Morgan fingerprint density at radius 2 is 1.04 bits per heavy atom. The van der Waals surface area contributed by atoms with E-state index in [1.165, 1.54) is 9.80 Å². The van der Waals surface area contributed by atoms with Crippen LogP contribution in [-0.4, -0.2) is 88.8 Å². The van der Waals surface area contributed by atoms with Gasteiger partial charge in [0.2, 0.25) is 0 Å². The number of aryl methyl sites for hydroxylation is 2. The van der Waals surface area contributed by atoms with Crippen LogP contribution < -0.4 is 5.32 Å². The van der Waals surface area contributed by atoms with Crippen LogP contribution in [0.5, 0.6) is 0 Å². The number of benzene rings is 4. The number of aromatic nitrogens is 2. The lowest BCUT2D eigenvalue weighted by atomic mass is 9.91. The number of pyridine rings is 2. The van der Waals surface area contributed by atoms with E-state index in [1.54, 1.807) is 24.5 Å². The molecule has 2 aromatic heterocycles. The van der Waals surface area contributed by atoms with Gasteiger partial charge in [-0.25, -0.2) is 0 Å². The lowest BCUT2D eigenvalue weighted by molar-refractivity contribution is 0.0591. The Morgan fingerprint density at radius 1 is 0.623 bits per heavy atom. The lowest BCUT2D eigenvalue weighted by Gasteiger charge is -2.28. The SMILES string of the molecule is CS(=O)(=O)O.Cc1cnc2c(c1)cc1c3c(cccc32)C(=O)N(CCCCNCCCN2C(=O)c3cccc4c3c(cc3cc(C)cnc34)C2=O)C1=O. The molecule has 4 amide bonds. The summed E-state index contributed by atoms with van der Waals surface area (Å²) in [6.45, 7) is 5.86. The molecular formula is C40H37N5O7S. The van der Waals surface area contributed by atoms with Gasteiger partial charge >= 0.3 is 0 Å². The Balaban J connectivity index is 0.000000817. The summed E-state index contributed by atoms with van der Waals surface area (Å²) >= 11 is 0. The second kappa shape index (κ2) is 14.1. The van der Waals surface area contributed by atoms with Gasteiger partial charge in [-0.1, -0.05) is 24.3 Å². The van der Waals surface area contributed by atoms with Crippen molar-refractivity contribution in [2.24, 2.45) is 0 Å². The molecule has 2 aliphatic heterocycles. The Morgan fingerprint density at radius 3 is 1.51 bits per heavy atom. The van der Waals surface area contributed by atoms with E-state index in [9.17, 15) is 27.6 Å². The van der Waals surface area contributed by atoms with Crippen molar-refractivity contribution < 1.29 is 32.1 Å². The van der Waals surface area contributed by atoms with Gasteiger partial charge in [0.25, 0.3) is 33.7 Å². The zero-order valence-corrected chi connectivity index (χ0v) is 30.3. The first-order valence-electron chi connectivity index (χ1n) is 17.3. The summed E-state index contributed by atoms with van der Waals surface area (Å²) in [6, 6.07) is 18.9. The maximum atomic E-state index is 13.6. The van der Waals surface area contributed by atoms with Crippen molar-refractivity contribution in [3.8, 4) is 0 Å². The Hall–Kier alpha value is -5.63. The molecule has 12 nitrogen and oxygen atoms in total. The first-order chi connectivity index (χ1) is 25.3. The highest BCUT2D eigenvalue weighted by Gasteiger charge is 2.34. The van der Waals surface area contributed by atoms with E-state index in [0.29, 0.717) is 78.3 Å². The van der Waals surface area contributed by atoms with Crippen LogP contribution in [0.25, 0.3) is 43.4 Å². The molecule has 0 unspecified atom stereocenters. The van der Waals surface area contributed by atoms with Gasteiger partial charge in [0, 0.05) is 80.1 Å². The average molecular weight is 732 g/mol. The van der Waals surface area contributed by atoms with Gasteiger partial charge in [-0.2, -0.15) is 8.42 Å². The normalized spacial score (nSPS) is 14.1. The van der Waals surface area contributed by atoms with E-state index in [0.717, 1.165) is 50.1 Å². The number of unbranched alkanes of at least 4 members (excludes halogenated alkanes) is 1. The number of fused-ring (bicyclic) bond motifs is 4. The van der Waals surface area contributed by atoms with Crippen molar-refractivity contribution in [3.05, 3.63) is 106 Å². The van der Waals surface area contributed by atoms with Gasteiger partial charge in [0.1, 0.15) is 0 Å². The van der Waals surface area contributed by atoms with Crippen molar-refractivity contribution in [2.45, 2.75) is 33.1 Å². The molecule has 0 spiro atoms. The van der Waals surface area contributed by atoms with Gasteiger partial charge in [0.15, 0.2) is 0 Å². The second-order valence-electron chi connectivity index (χ2n) is 13.5. The zero-order chi connectivity index (χ0) is 37.6. The Labute approximate surface area is 305 Å². The molecule has 8 rings (SSSR count). The van der Waals surface area contributed by atoms with Crippen molar-refractivity contribution >= 4 is 77.1 Å². The second-order valence-corrected chi connectivity index (χ2v) is 15.0. The number of hydrogen-bond acceptors (Lipinski definition) is 9. The van der Waals surface area contributed by atoms with Crippen LogP contribution in [0.3, 0.4) is 0 Å². The van der Waals surface area contributed by atoms with Crippen molar-refractivity contribution in [1.29, 1.82) is 0 Å². The lowest BCUT2D eigenvalue weighted by Crippen LogP contribution is -2.41. The summed E-state index contributed by atoms with van der Waals surface area (Å²) in [5.41, 5.74) is 5.73. The molecule has 0 aliphatic carbocycles. The Kier molecular flexibility index (Phi) is 9.49. The minimum atomic E-state index is -3.67. The third-order valence-corrected chi connectivity index (χ3v) is 9.51. The molecule has 0 saturated heterocycles. The molecule has 0 radical (unpaired) electrons. The number of carbonyl (C=O) groups excluding carboxylic acids is 4. The molecule has 270 valence electrons. The third-order valence-electron chi connectivity index (χ3n) is 9.51. The molecule has 2 aliphatic rings. The van der Waals surface area contributed by atoms with Gasteiger partial charge < -0.3 is 5.32 Å². The standard InChI is InChI=1S/C39H33N5O4.CH4O3S/c1-22-16-24-18-30-32-26(34(24)41-20-22)8-5-10-28(32)36(45)43(38(30)47)14-4-3-12-40-13-7-15-44-37(46)29-11-6-9-27-33(29)31(39(44)48)19-25-17-23(2)21-42-35(25)27;1-5(2,3)4/h5-6,8-11,16-21,40H,3-4,7,12-15H2,1-2H3;1H3,(H,2,3,4). The van der Waals surface area contributed by atoms with Gasteiger partial charge in [0.05, 0.1) is 17.3 Å². The fourth-order valence-electron chi connectivity index (χ4n) is 7.26. The highest BCUT2D eigenvalue weighted by atomic mass is 32.2. The summed E-state index contributed by atoms with van der Waals surface area (Å²) in [6.07, 6.45) is 6.32. The average Bonchev–Trinajstić information content (AvgIpc) is 3.11. The minimum absolute atomic E-state index is 0.271. The van der Waals surface area contributed by atoms with Gasteiger partial charge in [-0.05, 0) is 93.7 Å². The molecule has 0 bridgehead atoms. The molecule has 53 heavy (non-hydrogen) atoms. The number of hydrogen-bond donors (Lipinski definition) is 2. The molecule has 0 atom stereocenters. The Bertz CT molecular complexity index is 2470. The fraction of sp³-hybridized carbons (Fsp3) is 0.250. The van der Waals surface area contributed by atoms with E-state index in [2.05, 4.69) is 15.3 Å². The summed E-state index contributed by atoms with van der Waals surface area (Å²) in [5, 5.41) is 8.15. The topological polar surface area (TPSA) is 167 Å². The number of nitrogens with one attached hydrogen (secondary N) is 1. The number of rotatable bonds is 9. The number of carbonyl (C=O) groups is 4. The summed E-state index contributed by atoms with van der Waals surface area (Å²) in [7, 11) is -3.67. The molecule has 0 fully saturated rings. The number of nitrogens with zero attached hydrogens (tertiary/aromatic N) is 4. The number of imide groups is 2. The summed E-state index contributed by atoms with van der Waals surface area (Å²) in [5.74, 6) is -1.10. The van der Waals surface area contributed by atoms with Crippen LogP contribution in [0.4, 0.5) is 0 Å². The van der Waals surface area contributed by atoms with Gasteiger partial charge in [-0.3, -0.25) is 43.5 Å². The maximum Gasteiger partial charge on any atom is 0.261 e. The van der Waals surface area contributed by atoms with E-state index < -0.39 is 10.1 Å². The zero-order valence-electron chi connectivity index (χ0n) is 29.5. The summed E-state index contributed by atoms with van der Waals surface area (Å²) in [4.78, 5) is 65.9. The largest absolute Gasteiger partial charge is 0.317 e. The maximum absolute atomic E-state index is 13.6. The number of amides is 4. The van der Waals surface area contributed by atoms with Gasteiger partial charge in [-0.15, -0.1) is 0 Å². The quantitative estimate of drug-likeness (QED) is 0.0796. The monoisotopic (exact) mass is 731 g/mol. The van der Waals surface area contributed by atoms with Crippen LogP contribution in [-0.2, 0) is 10.1 Å². The van der Waals surface area contributed by atoms with E-state index in [-0.39, 0.29) is 23.6 Å². The van der Waals surface area contributed by atoms with E-state index in [1.807, 2.05) is 62.4 Å². The first-order valence-corrected chi connectivity index (χ1v) is 19.2. The van der Waals surface area contributed by atoms with Crippen molar-refractivity contribution in [2.75, 3.05) is 32.4 Å². The smallest absolute Gasteiger partial charge is 0.261 e. The van der Waals surface area contributed by atoms with E-state index >= 15 is 0 Å². The van der Waals surface area contributed by atoms with Crippen LogP contribution in [0.15, 0.2) is 73.1 Å². The van der Waals surface area contributed by atoms with Crippen molar-refractivity contribution in [1.82, 2.24) is 25.1 Å². The highest BCUT2D eigenvalue weighted by Crippen LogP contribution is 2.36. The first kappa shape index (κ1) is 35.8. The summed E-state index contributed by atoms with van der Waals surface area (Å²) < 4.78 is 25.9. The highest BCUT2D eigenvalue weighted by molar-refractivity contribution is 7.85. The van der Waals surface area contributed by atoms with Crippen LogP contribution in [0.1, 0.15) is 71.8 Å². The molecule has 0 saturated carbocycles. The molecule has 4 heterocycles. The predicted octanol–water partition coefficient (Wildman–Crippen LogP) is 5.86. The fourth-order valence-corrected chi connectivity index (χ4v) is 7.26. The van der Waals surface area contributed by atoms with Crippen LogP contribution in [0, 0.1) is 13.8 Å². The predicted molar refractivity (Wildman–Crippen MR) is 203 cm³/mol. The molecular weight excluding hydrogens is 695 g/mol. The molecule has 2 N–H and O–H groups in total. The molecule has 4 aromatic carbocycles. The molecule has 6 aromatic rings. The third kappa shape index (κ3) is 6.86. The van der Waals surface area contributed by atoms with E-state index in [4.69, 9.17) is 4.55 Å². The van der Waals surface area contributed by atoms with Crippen LogP contribution in [0.2, 0.25) is 0 Å².